The molecule has 114 valence electrons. The quantitative estimate of drug-likeness (QED) is 0.705. The van der Waals surface area contributed by atoms with E-state index in [1.165, 1.54) is 0 Å². The number of nitrogens with one attached hydrogen (secondary N) is 1. The largest absolute Gasteiger partial charge is 0.445 e. The Morgan fingerprint density at radius 3 is 3.05 bits per heavy atom. The summed E-state index contributed by atoms with van der Waals surface area (Å²) in [5.74, 6) is 2.39. The first-order valence-electron chi connectivity index (χ1n) is 6.67. The molecule has 0 atom stereocenters. The average Bonchev–Trinajstić information content (AvgIpc) is 3.11. The van der Waals surface area contributed by atoms with Gasteiger partial charge in [-0.2, -0.15) is 0 Å². The summed E-state index contributed by atoms with van der Waals surface area (Å²) in [6.45, 7) is 6.65. The maximum atomic E-state index is 5.58. The van der Waals surface area contributed by atoms with Gasteiger partial charge in [0.15, 0.2) is 5.13 Å². The number of aromatic nitrogens is 2. The molecule has 0 aliphatic heterocycles. The fraction of sp³-hybridized carbons (Fsp3) is 0.429. The second kappa shape index (κ2) is 8.21. The normalized spacial score (nSPS) is 10.8. The smallest absolute Gasteiger partial charge is 0.204 e. The van der Waals surface area contributed by atoms with Crippen LogP contribution >= 0.6 is 23.1 Å². The minimum atomic E-state index is 0.655. The first kappa shape index (κ1) is 16.1. The molecular formula is C14H19N3O2S2. The third-order valence-corrected chi connectivity index (χ3v) is 4.76. The van der Waals surface area contributed by atoms with Crippen LogP contribution in [0.5, 0.6) is 0 Å². The van der Waals surface area contributed by atoms with E-state index >= 15 is 0 Å². The van der Waals surface area contributed by atoms with E-state index in [1.54, 1.807) is 36.4 Å². The number of nitrogens with zero attached hydrogens (tertiary/aromatic N) is 2. The second-order valence-electron chi connectivity index (χ2n) is 4.32. The van der Waals surface area contributed by atoms with Gasteiger partial charge in [-0.1, -0.05) is 24.8 Å². The van der Waals surface area contributed by atoms with Crippen molar-refractivity contribution in [3.8, 4) is 0 Å². The molecule has 0 fully saturated rings. The van der Waals surface area contributed by atoms with Crippen LogP contribution in [0.25, 0.3) is 0 Å². The Bertz CT molecular complexity index is 580. The minimum Gasteiger partial charge on any atom is -0.445 e. The van der Waals surface area contributed by atoms with Crippen molar-refractivity contribution in [2.24, 2.45) is 0 Å². The van der Waals surface area contributed by atoms with E-state index in [0.717, 1.165) is 39.5 Å². The topological polar surface area (TPSA) is 60.2 Å². The molecule has 21 heavy (non-hydrogen) atoms. The van der Waals surface area contributed by atoms with E-state index in [2.05, 4.69) is 28.8 Å². The van der Waals surface area contributed by atoms with Gasteiger partial charge in [0.05, 0.1) is 29.0 Å². The molecule has 5 nitrogen and oxygen atoms in total. The number of hydrogen-bond donors (Lipinski definition) is 1. The van der Waals surface area contributed by atoms with Gasteiger partial charge in [0, 0.05) is 25.6 Å². The minimum absolute atomic E-state index is 0.655. The highest BCUT2D eigenvalue weighted by atomic mass is 32.2. The van der Waals surface area contributed by atoms with Crippen molar-refractivity contribution < 1.29 is 9.15 Å². The Labute approximate surface area is 132 Å². The van der Waals surface area contributed by atoms with Crippen molar-refractivity contribution in [1.82, 2.24) is 9.97 Å². The van der Waals surface area contributed by atoms with Gasteiger partial charge in [-0.25, -0.2) is 9.97 Å². The van der Waals surface area contributed by atoms with E-state index in [0.29, 0.717) is 12.4 Å². The first-order valence-corrected chi connectivity index (χ1v) is 8.47. The molecule has 0 aliphatic rings. The van der Waals surface area contributed by atoms with Crippen LogP contribution in [-0.4, -0.2) is 23.7 Å². The number of thiazole rings is 1. The lowest BCUT2D eigenvalue weighted by Gasteiger charge is -2.04. The zero-order valence-electron chi connectivity index (χ0n) is 12.2. The SMILES string of the molecule is C=C(CCOC)Nc1ncc(SCc2ncc(CC)o2)s1. The van der Waals surface area contributed by atoms with Crippen molar-refractivity contribution in [2.45, 2.75) is 29.7 Å². The predicted octanol–water partition coefficient (Wildman–Crippen LogP) is 3.95. The molecule has 2 heterocycles. The maximum Gasteiger partial charge on any atom is 0.204 e. The van der Waals surface area contributed by atoms with Gasteiger partial charge in [-0.05, 0) is 0 Å². The highest BCUT2D eigenvalue weighted by Crippen LogP contribution is 2.31. The molecule has 1 N–H and O–H groups in total. The summed E-state index contributed by atoms with van der Waals surface area (Å²) in [4.78, 5) is 8.58. The molecule has 0 aliphatic carbocycles. The summed E-state index contributed by atoms with van der Waals surface area (Å²) in [5, 5.41) is 4.04. The van der Waals surface area contributed by atoms with Gasteiger partial charge < -0.3 is 14.5 Å². The van der Waals surface area contributed by atoms with Crippen LogP contribution in [0.15, 0.2) is 33.3 Å². The zero-order chi connectivity index (χ0) is 15.1. The number of ether oxygens (including phenoxy) is 1. The van der Waals surface area contributed by atoms with Crippen molar-refractivity contribution in [3.05, 3.63) is 36.3 Å². The van der Waals surface area contributed by atoms with Crippen molar-refractivity contribution in [1.29, 1.82) is 0 Å². The van der Waals surface area contributed by atoms with Crippen LogP contribution in [0, 0.1) is 0 Å². The van der Waals surface area contributed by atoms with E-state index in [1.807, 2.05) is 6.20 Å². The number of aryl methyl sites for hydroxylation is 1. The Morgan fingerprint density at radius 1 is 1.48 bits per heavy atom. The summed E-state index contributed by atoms with van der Waals surface area (Å²) in [7, 11) is 1.68. The molecular weight excluding hydrogens is 306 g/mol. The third kappa shape index (κ3) is 5.18. The van der Waals surface area contributed by atoms with Crippen LogP contribution in [0.4, 0.5) is 5.13 Å². The molecule has 0 spiro atoms. The molecule has 7 heteroatoms. The average molecular weight is 325 g/mol. The molecule has 0 aromatic carbocycles. The highest BCUT2D eigenvalue weighted by Gasteiger charge is 2.07. The van der Waals surface area contributed by atoms with Gasteiger partial charge in [0.1, 0.15) is 5.76 Å². The Hall–Kier alpha value is -1.31. The summed E-state index contributed by atoms with van der Waals surface area (Å²) >= 11 is 3.26. The van der Waals surface area contributed by atoms with Gasteiger partial charge in [0.25, 0.3) is 0 Å². The summed E-state index contributed by atoms with van der Waals surface area (Å²) in [6.07, 6.45) is 5.28. The predicted molar refractivity (Wildman–Crippen MR) is 86.8 cm³/mol. The number of rotatable bonds is 9. The standard InChI is InChI=1S/C14H19N3O2S2/c1-4-11-7-15-12(19-11)9-20-13-8-16-14(21-13)17-10(2)5-6-18-3/h7-8H,2,4-6,9H2,1,3H3,(H,16,17). The fourth-order valence-electron chi connectivity index (χ4n) is 1.53. The van der Waals surface area contributed by atoms with Crippen LogP contribution in [-0.2, 0) is 16.9 Å². The number of thioether (sulfide) groups is 1. The van der Waals surface area contributed by atoms with Gasteiger partial charge >= 0.3 is 0 Å². The Kier molecular flexibility index (Phi) is 6.28. The summed E-state index contributed by atoms with van der Waals surface area (Å²) in [6, 6.07) is 0. The molecule has 0 amide bonds. The summed E-state index contributed by atoms with van der Waals surface area (Å²) in [5.41, 5.74) is 0.906. The van der Waals surface area contributed by atoms with E-state index in [-0.39, 0.29) is 0 Å². The number of methoxy groups -OCH3 is 1. The second-order valence-corrected chi connectivity index (χ2v) is 6.62. The molecule has 2 rings (SSSR count). The van der Waals surface area contributed by atoms with Crippen molar-refractivity contribution >= 4 is 28.2 Å². The van der Waals surface area contributed by atoms with Crippen LogP contribution in [0.3, 0.4) is 0 Å². The van der Waals surface area contributed by atoms with Crippen LogP contribution in [0.2, 0.25) is 0 Å². The molecule has 0 saturated heterocycles. The molecule has 0 radical (unpaired) electrons. The monoisotopic (exact) mass is 325 g/mol. The number of hydrogen-bond acceptors (Lipinski definition) is 7. The van der Waals surface area contributed by atoms with E-state index < -0.39 is 0 Å². The molecule has 2 aromatic rings. The zero-order valence-corrected chi connectivity index (χ0v) is 13.9. The highest BCUT2D eigenvalue weighted by molar-refractivity contribution is 8.00. The lowest BCUT2D eigenvalue weighted by molar-refractivity contribution is 0.202. The van der Waals surface area contributed by atoms with E-state index in [9.17, 15) is 0 Å². The van der Waals surface area contributed by atoms with Crippen molar-refractivity contribution in [2.75, 3.05) is 19.0 Å². The Morgan fingerprint density at radius 2 is 2.33 bits per heavy atom. The molecule has 0 unspecified atom stereocenters. The molecule has 2 aromatic heterocycles. The lowest BCUT2D eigenvalue weighted by atomic mass is 10.4. The first-order chi connectivity index (χ1) is 10.2. The summed E-state index contributed by atoms with van der Waals surface area (Å²) < 4.78 is 11.7. The van der Waals surface area contributed by atoms with Crippen LogP contribution < -0.4 is 5.32 Å². The van der Waals surface area contributed by atoms with Crippen molar-refractivity contribution in [3.63, 3.8) is 0 Å². The van der Waals surface area contributed by atoms with Crippen LogP contribution in [0.1, 0.15) is 25.0 Å². The van der Waals surface area contributed by atoms with E-state index in [4.69, 9.17) is 9.15 Å². The third-order valence-electron chi connectivity index (χ3n) is 2.66. The number of anilines is 1. The molecule has 0 saturated carbocycles. The number of oxazole rings is 1. The van der Waals surface area contributed by atoms with Gasteiger partial charge in [-0.3, -0.25) is 0 Å². The fourth-order valence-corrected chi connectivity index (χ4v) is 3.31. The lowest BCUT2D eigenvalue weighted by Crippen LogP contribution is -2.00. The van der Waals surface area contributed by atoms with Gasteiger partial charge in [-0.15, -0.1) is 11.8 Å². The maximum absolute atomic E-state index is 5.58. The molecule has 0 bridgehead atoms. The van der Waals surface area contributed by atoms with Gasteiger partial charge in [0.2, 0.25) is 5.89 Å². The Balaban J connectivity index is 1.81.